The maximum Gasteiger partial charge on any atom is 0.363 e. The summed E-state index contributed by atoms with van der Waals surface area (Å²) >= 11 is 5.98. The molecule has 0 aromatic heterocycles. The van der Waals surface area contributed by atoms with Crippen LogP contribution in [0.25, 0.3) is 6.08 Å². The lowest BCUT2D eigenvalue weighted by Crippen LogP contribution is -2.05. The SMILES string of the molecule is CCOc1ccc(C=C2N=C(c3cccc(Cl)c3)OC2=O)c(OCC)c1. The number of ether oxygens (including phenoxy) is 3. The molecule has 2 aromatic rings. The van der Waals surface area contributed by atoms with Crippen LogP contribution in [0.4, 0.5) is 0 Å². The number of carbonyl (C=O) groups excluding carboxylic acids is 1. The third-order valence-electron chi connectivity index (χ3n) is 3.58. The fourth-order valence-corrected chi connectivity index (χ4v) is 2.66. The fourth-order valence-electron chi connectivity index (χ4n) is 2.47. The monoisotopic (exact) mass is 371 g/mol. The normalized spacial score (nSPS) is 15.0. The number of cyclic esters (lactones) is 1. The minimum absolute atomic E-state index is 0.199. The van der Waals surface area contributed by atoms with Crippen LogP contribution < -0.4 is 9.47 Å². The summed E-state index contributed by atoms with van der Waals surface area (Å²) in [6, 6.07) is 12.4. The number of benzene rings is 2. The number of halogens is 1. The number of hydrogen-bond donors (Lipinski definition) is 0. The molecule has 1 aliphatic heterocycles. The van der Waals surface area contributed by atoms with Crippen LogP contribution in [-0.4, -0.2) is 25.1 Å². The van der Waals surface area contributed by atoms with Gasteiger partial charge in [-0.2, -0.15) is 0 Å². The summed E-state index contributed by atoms with van der Waals surface area (Å²) in [6.45, 7) is 4.86. The van der Waals surface area contributed by atoms with Gasteiger partial charge < -0.3 is 14.2 Å². The largest absolute Gasteiger partial charge is 0.494 e. The second kappa shape index (κ2) is 8.06. The molecule has 26 heavy (non-hydrogen) atoms. The molecule has 5 nitrogen and oxygen atoms in total. The minimum Gasteiger partial charge on any atom is -0.494 e. The lowest BCUT2D eigenvalue weighted by atomic mass is 10.1. The third kappa shape index (κ3) is 4.06. The first-order valence-electron chi connectivity index (χ1n) is 8.29. The zero-order valence-electron chi connectivity index (χ0n) is 14.5. The van der Waals surface area contributed by atoms with E-state index in [1.807, 2.05) is 26.0 Å². The Morgan fingerprint density at radius 3 is 2.65 bits per heavy atom. The summed E-state index contributed by atoms with van der Waals surface area (Å²) in [6.07, 6.45) is 1.64. The lowest BCUT2D eigenvalue weighted by molar-refractivity contribution is -0.129. The molecule has 0 atom stereocenters. The van der Waals surface area contributed by atoms with Crippen molar-refractivity contribution in [1.82, 2.24) is 0 Å². The van der Waals surface area contributed by atoms with Gasteiger partial charge in [0.15, 0.2) is 5.70 Å². The van der Waals surface area contributed by atoms with E-state index in [0.29, 0.717) is 35.3 Å². The molecule has 0 saturated carbocycles. The van der Waals surface area contributed by atoms with Gasteiger partial charge in [0.1, 0.15) is 11.5 Å². The molecule has 2 aromatic carbocycles. The van der Waals surface area contributed by atoms with Crippen molar-refractivity contribution in [2.75, 3.05) is 13.2 Å². The van der Waals surface area contributed by atoms with E-state index < -0.39 is 5.97 Å². The number of esters is 1. The maximum atomic E-state index is 12.2. The Balaban J connectivity index is 1.95. The van der Waals surface area contributed by atoms with Gasteiger partial charge in [-0.25, -0.2) is 9.79 Å². The number of hydrogen-bond acceptors (Lipinski definition) is 5. The lowest BCUT2D eigenvalue weighted by Gasteiger charge is -2.10. The van der Waals surface area contributed by atoms with Gasteiger partial charge in [0.05, 0.1) is 13.2 Å². The summed E-state index contributed by atoms with van der Waals surface area (Å²) in [7, 11) is 0. The van der Waals surface area contributed by atoms with Crippen LogP contribution in [0.15, 0.2) is 53.2 Å². The van der Waals surface area contributed by atoms with Crippen molar-refractivity contribution in [2.24, 2.45) is 4.99 Å². The molecule has 0 radical (unpaired) electrons. The minimum atomic E-state index is -0.517. The van der Waals surface area contributed by atoms with Crippen LogP contribution in [-0.2, 0) is 9.53 Å². The van der Waals surface area contributed by atoms with Gasteiger partial charge >= 0.3 is 5.97 Å². The molecule has 1 aliphatic rings. The van der Waals surface area contributed by atoms with Crippen LogP contribution in [0.5, 0.6) is 11.5 Å². The van der Waals surface area contributed by atoms with E-state index in [0.717, 1.165) is 5.56 Å². The van der Waals surface area contributed by atoms with Crippen molar-refractivity contribution < 1.29 is 19.0 Å². The average molecular weight is 372 g/mol. The van der Waals surface area contributed by atoms with E-state index >= 15 is 0 Å². The zero-order chi connectivity index (χ0) is 18.5. The summed E-state index contributed by atoms with van der Waals surface area (Å²) < 4.78 is 16.4. The highest BCUT2D eigenvalue weighted by Crippen LogP contribution is 2.29. The predicted molar refractivity (Wildman–Crippen MR) is 101 cm³/mol. The first-order valence-corrected chi connectivity index (χ1v) is 8.66. The van der Waals surface area contributed by atoms with E-state index in [2.05, 4.69) is 4.99 Å². The molecule has 0 N–H and O–H groups in total. The Labute approximate surface area is 156 Å². The zero-order valence-corrected chi connectivity index (χ0v) is 15.2. The highest BCUT2D eigenvalue weighted by Gasteiger charge is 2.24. The van der Waals surface area contributed by atoms with E-state index in [4.69, 9.17) is 25.8 Å². The molecular formula is C20H18ClNO4. The van der Waals surface area contributed by atoms with Crippen LogP contribution in [0, 0.1) is 0 Å². The van der Waals surface area contributed by atoms with Gasteiger partial charge in [-0.1, -0.05) is 17.7 Å². The van der Waals surface area contributed by atoms with Crippen molar-refractivity contribution in [3.8, 4) is 11.5 Å². The first kappa shape index (κ1) is 18.0. The van der Waals surface area contributed by atoms with E-state index in [1.165, 1.54) is 0 Å². The number of aliphatic imine (C=N–C) groups is 1. The van der Waals surface area contributed by atoms with Gasteiger partial charge in [-0.05, 0) is 50.3 Å². The number of nitrogens with zero attached hydrogens (tertiary/aromatic N) is 1. The quantitative estimate of drug-likeness (QED) is 0.555. The second-order valence-electron chi connectivity index (χ2n) is 5.41. The Morgan fingerprint density at radius 2 is 1.92 bits per heavy atom. The number of carbonyl (C=O) groups is 1. The second-order valence-corrected chi connectivity index (χ2v) is 5.85. The molecule has 0 fully saturated rings. The predicted octanol–water partition coefficient (Wildman–Crippen LogP) is 4.48. The summed E-state index contributed by atoms with van der Waals surface area (Å²) in [5.41, 5.74) is 1.56. The van der Waals surface area contributed by atoms with Crippen LogP contribution in [0.3, 0.4) is 0 Å². The molecule has 0 aliphatic carbocycles. The Hall–Kier alpha value is -2.79. The smallest absolute Gasteiger partial charge is 0.363 e. The van der Waals surface area contributed by atoms with Crippen molar-refractivity contribution in [3.05, 3.63) is 64.3 Å². The Morgan fingerprint density at radius 1 is 1.12 bits per heavy atom. The molecule has 1 heterocycles. The number of rotatable bonds is 6. The topological polar surface area (TPSA) is 57.1 Å². The molecule has 6 heteroatoms. The van der Waals surface area contributed by atoms with Crippen LogP contribution in [0.1, 0.15) is 25.0 Å². The van der Waals surface area contributed by atoms with Gasteiger partial charge in [0.2, 0.25) is 5.90 Å². The fraction of sp³-hybridized carbons (Fsp3) is 0.200. The summed E-state index contributed by atoms with van der Waals surface area (Å²) in [5.74, 6) is 1.03. The van der Waals surface area contributed by atoms with Crippen molar-refractivity contribution in [1.29, 1.82) is 0 Å². The molecule has 0 bridgehead atoms. The average Bonchev–Trinajstić information content (AvgIpc) is 2.98. The van der Waals surface area contributed by atoms with Crippen LogP contribution >= 0.6 is 11.6 Å². The third-order valence-corrected chi connectivity index (χ3v) is 3.82. The highest BCUT2D eigenvalue weighted by atomic mass is 35.5. The van der Waals surface area contributed by atoms with E-state index in [-0.39, 0.29) is 11.6 Å². The highest BCUT2D eigenvalue weighted by molar-refractivity contribution is 6.31. The Kier molecular flexibility index (Phi) is 5.58. The summed E-state index contributed by atoms with van der Waals surface area (Å²) in [4.78, 5) is 16.5. The molecule has 0 saturated heterocycles. The van der Waals surface area contributed by atoms with Crippen molar-refractivity contribution >= 4 is 29.5 Å². The van der Waals surface area contributed by atoms with Gasteiger partial charge in [-0.15, -0.1) is 0 Å². The summed E-state index contributed by atoms with van der Waals surface area (Å²) in [5, 5.41) is 0.545. The molecule has 0 spiro atoms. The van der Waals surface area contributed by atoms with Crippen molar-refractivity contribution in [2.45, 2.75) is 13.8 Å². The maximum absolute atomic E-state index is 12.2. The van der Waals surface area contributed by atoms with E-state index in [9.17, 15) is 4.79 Å². The molecule has 3 rings (SSSR count). The Bertz CT molecular complexity index is 889. The first-order chi connectivity index (χ1) is 12.6. The van der Waals surface area contributed by atoms with Gasteiger partial charge in [0, 0.05) is 22.2 Å². The van der Waals surface area contributed by atoms with Crippen molar-refractivity contribution in [3.63, 3.8) is 0 Å². The van der Waals surface area contributed by atoms with Gasteiger partial charge in [-0.3, -0.25) is 0 Å². The standard InChI is InChI=1S/C20H18ClNO4/c1-3-24-16-9-8-13(18(12-16)25-4-2)11-17-20(23)26-19(22-17)14-6-5-7-15(21)10-14/h5-12H,3-4H2,1-2H3. The van der Waals surface area contributed by atoms with Crippen LogP contribution in [0.2, 0.25) is 5.02 Å². The molecule has 0 unspecified atom stereocenters. The molecular weight excluding hydrogens is 354 g/mol. The van der Waals surface area contributed by atoms with Gasteiger partial charge in [0.25, 0.3) is 0 Å². The molecule has 0 amide bonds. The molecule has 134 valence electrons. The van der Waals surface area contributed by atoms with E-state index in [1.54, 1.807) is 36.4 Å².